The molecule has 0 radical (unpaired) electrons. The number of imidazole rings is 1. The molecule has 2 heteroatoms. The smallest absolute Gasteiger partial charge is 0.223 e. The lowest BCUT2D eigenvalue weighted by atomic mass is 9.60. The van der Waals surface area contributed by atoms with E-state index in [0.29, 0.717) is 11.8 Å². The zero-order chi connectivity index (χ0) is 32.4. The van der Waals surface area contributed by atoms with Crippen LogP contribution in [0.2, 0.25) is 0 Å². The highest BCUT2D eigenvalue weighted by molar-refractivity contribution is 6.13. The molecule has 0 saturated heterocycles. The predicted octanol–water partition coefficient (Wildman–Crippen LogP) is 11.5. The van der Waals surface area contributed by atoms with Gasteiger partial charge in [0, 0.05) is 21.8 Å². The maximum Gasteiger partial charge on any atom is 0.296 e. The maximum atomic E-state index is 4.15. The minimum atomic E-state index is -0.0383. The van der Waals surface area contributed by atoms with E-state index >= 15 is 0 Å². The highest BCUT2D eigenvalue weighted by atomic mass is 15.2. The molecule has 0 fully saturated rings. The summed E-state index contributed by atoms with van der Waals surface area (Å²) in [6.45, 7) is 32.6. The van der Waals surface area contributed by atoms with E-state index in [2.05, 4.69) is 147 Å². The first-order chi connectivity index (χ1) is 20.7. The average molecular weight is 590 g/mol. The fourth-order valence-electron chi connectivity index (χ4n) is 8.60. The van der Waals surface area contributed by atoms with E-state index in [4.69, 9.17) is 0 Å². The fraction of sp³-hybridized carbons (Fsp3) is 0.500. The summed E-state index contributed by atoms with van der Waals surface area (Å²) in [4.78, 5) is 0. The molecule has 0 bridgehead atoms. The van der Waals surface area contributed by atoms with Crippen LogP contribution in [-0.4, -0.2) is 4.40 Å². The van der Waals surface area contributed by atoms with Crippen LogP contribution < -0.4 is 4.57 Å². The number of benzene rings is 2. The van der Waals surface area contributed by atoms with Gasteiger partial charge in [0.05, 0.1) is 5.39 Å². The van der Waals surface area contributed by atoms with Gasteiger partial charge in [-0.15, -0.1) is 0 Å². The molecule has 1 aliphatic heterocycles. The second-order valence-corrected chi connectivity index (χ2v) is 15.5. The van der Waals surface area contributed by atoms with E-state index in [1.54, 1.807) is 0 Å². The zero-order valence-electron chi connectivity index (χ0n) is 29.8. The molecule has 1 unspecified atom stereocenters. The fourth-order valence-corrected chi connectivity index (χ4v) is 8.60. The van der Waals surface area contributed by atoms with Crippen molar-refractivity contribution < 1.29 is 4.57 Å². The van der Waals surface area contributed by atoms with E-state index in [0.717, 1.165) is 25.7 Å². The number of hydrogen-bond donors (Lipinski definition) is 0. The quantitative estimate of drug-likeness (QED) is 0.104. The first-order valence-corrected chi connectivity index (χ1v) is 17.2. The minimum Gasteiger partial charge on any atom is -0.223 e. The number of hydrogen-bond acceptors (Lipinski definition) is 0. The summed E-state index contributed by atoms with van der Waals surface area (Å²) in [6, 6.07) is 14.4. The van der Waals surface area contributed by atoms with E-state index in [9.17, 15) is 0 Å². The van der Waals surface area contributed by atoms with Crippen molar-refractivity contribution in [2.75, 3.05) is 0 Å². The van der Waals surface area contributed by atoms with Crippen LogP contribution in [-0.2, 0) is 17.4 Å². The molecule has 234 valence electrons. The summed E-state index contributed by atoms with van der Waals surface area (Å²) < 4.78 is 5.39. The molecule has 0 saturated carbocycles. The van der Waals surface area contributed by atoms with Crippen molar-refractivity contribution >= 4 is 32.9 Å². The van der Waals surface area contributed by atoms with Crippen molar-refractivity contribution in [2.24, 2.45) is 17.3 Å². The van der Waals surface area contributed by atoms with Crippen LogP contribution in [0.3, 0.4) is 0 Å². The van der Waals surface area contributed by atoms with Gasteiger partial charge in [-0.3, -0.25) is 0 Å². The Hall–Kier alpha value is -3.13. The molecule has 0 aliphatic carbocycles. The number of nitrogens with zero attached hydrogens (tertiary/aromatic N) is 2. The van der Waals surface area contributed by atoms with Gasteiger partial charge >= 0.3 is 0 Å². The molecule has 2 nitrogen and oxygen atoms in total. The molecule has 44 heavy (non-hydrogen) atoms. The summed E-state index contributed by atoms with van der Waals surface area (Å²) in [5, 5.41) is 4.18. The Morgan fingerprint density at radius 3 is 2.18 bits per heavy atom. The monoisotopic (exact) mass is 589 g/mol. The Bertz CT molecular complexity index is 1810. The summed E-state index contributed by atoms with van der Waals surface area (Å²) in [6.07, 6.45) is 11.1. The molecule has 4 aromatic rings. The molecule has 0 amide bonds. The first-order valence-electron chi connectivity index (χ1n) is 17.2. The van der Waals surface area contributed by atoms with Gasteiger partial charge < -0.3 is 0 Å². The molecule has 1 aliphatic rings. The van der Waals surface area contributed by atoms with Crippen molar-refractivity contribution in [2.45, 2.75) is 120 Å². The Morgan fingerprint density at radius 1 is 0.955 bits per heavy atom. The van der Waals surface area contributed by atoms with Gasteiger partial charge in [-0.2, -0.15) is 4.40 Å². The number of allylic oxidation sites excluding steroid dienone is 5. The average Bonchev–Trinajstić information content (AvgIpc) is 3.37. The highest BCUT2D eigenvalue weighted by Crippen LogP contribution is 2.52. The topological polar surface area (TPSA) is 8.29 Å². The van der Waals surface area contributed by atoms with Crippen LogP contribution in [0.15, 0.2) is 72.5 Å². The van der Waals surface area contributed by atoms with Gasteiger partial charge in [0.1, 0.15) is 17.3 Å². The SMILES string of the molecule is C=CC=C(C(=C(C)C(C)C)c1c[n+]2c3c4c(cccc4c4cc(CC(C)(C)C)ccc4n13)C(C)(CC)C2(CC)CC)C(C)C. The predicted molar refractivity (Wildman–Crippen MR) is 193 cm³/mol. The lowest BCUT2D eigenvalue weighted by molar-refractivity contribution is -0.755. The summed E-state index contributed by atoms with van der Waals surface area (Å²) in [5.41, 5.74) is 11.2. The third kappa shape index (κ3) is 4.62. The van der Waals surface area contributed by atoms with Crippen LogP contribution >= 0.6 is 0 Å². The van der Waals surface area contributed by atoms with Crippen LogP contribution in [0, 0.1) is 17.3 Å². The highest BCUT2D eigenvalue weighted by Gasteiger charge is 2.56. The Morgan fingerprint density at radius 2 is 1.64 bits per heavy atom. The normalized spacial score (nSPS) is 19.2. The Labute approximate surface area is 267 Å². The van der Waals surface area contributed by atoms with Crippen molar-refractivity contribution in [1.82, 2.24) is 4.40 Å². The number of pyridine rings is 1. The summed E-state index contributed by atoms with van der Waals surface area (Å²) >= 11 is 0. The van der Waals surface area contributed by atoms with Gasteiger partial charge in [-0.05, 0) is 78.7 Å². The van der Waals surface area contributed by atoms with Gasteiger partial charge in [0.2, 0.25) is 0 Å². The van der Waals surface area contributed by atoms with Crippen molar-refractivity contribution in [3.63, 3.8) is 0 Å². The number of rotatable bonds is 9. The molecule has 1 atom stereocenters. The van der Waals surface area contributed by atoms with Crippen LogP contribution in [0.5, 0.6) is 0 Å². The summed E-state index contributed by atoms with van der Waals surface area (Å²) in [7, 11) is 0. The third-order valence-corrected chi connectivity index (χ3v) is 11.2. The van der Waals surface area contributed by atoms with Crippen molar-refractivity contribution in [3.05, 3.63) is 89.3 Å². The van der Waals surface area contributed by atoms with Gasteiger partial charge in [0.25, 0.3) is 5.65 Å². The second kappa shape index (κ2) is 11.3. The van der Waals surface area contributed by atoms with E-state index in [1.807, 2.05) is 6.08 Å². The molecule has 5 rings (SSSR count). The molecule has 3 heterocycles. The van der Waals surface area contributed by atoms with Gasteiger partial charge in [0.15, 0.2) is 5.69 Å². The van der Waals surface area contributed by atoms with Crippen molar-refractivity contribution in [3.8, 4) is 0 Å². The molecule has 0 N–H and O–H groups in total. The largest absolute Gasteiger partial charge is 0.296 e. The molecular formula is C42H57N2+. The molecule has 2 aromatic carbocycles. The molecule has 2 aromatic heterocycles. The standard InChI is InChI=1S/C42H57N2/c1-14-19-31(28(7)8)37(29(9)27(5)6)36-26-43-39-38-32(20-18-21-34(38)41(13,15-2)42(43,16-3)17-4)33-24-30(25-40(10,11)12)22-23-35(33)44(36)39/h14,18-24,26-28H,1,15-17,25H2,2-13H3/q+1. The second-order valence-electron chi connectivity index (χ2n) is 15.5. The Kier molecular flexibility index (Phi) is 8.32. The van der Waals surface area contributed by atoms with Crippen LogP contribution in [0.4, 0.5) is 0 Å². The maximum absolute atomic E-state index is 4.15. The molecular weight excluding hydrogens is 532 g/mol. The molecule has 0 spiro atoms. The third-order valence-electron chi connectivity index (χ3n) is 11.2. The first kappa shape index (κ1) is 32.3. The van der Waals surface area contributed by atoms with Gasteiger partial charge in [-0.1, -0.05) is 125 Å². The Balaban J connectivity index is 2.12. The minimum absolute atomic E-state index is 0.00170. The van der Waals surface area contributed by atoms with E-state index in [1.165, 1.54) is 60.9 Å². The number of aromatic nitrogens is 2. The van der Waals surface area contributed by atoms with Crippen molar-refractivity contribution in [1.29, 1.82) is 0 Å². The lowest BCUT2D eigenvalue weighted by Crippen LogP contribution is -2.67. The number of fused-ring (bicyclic) bond motifs is 3. The lowest BCUT2D eigenvalue weighted by Gasteiger charge is -2.48. The van der Waals surface area contributed by atoms with E-state index < -0.39 is 0 Å². The van der Waals surface area contributed by atoms with Crippen LogP contribution in [0.1, 0.15) is 119 Å². The zero-order valence-corrected chi connectivity index (χ0v) is 29.8. The summed E-state index contributed by atoms with van der Waals surface area (Å²) in [5.74, 6) is 0.786. The van der Waals surface area contributed by atoms with E-state index in [-0.39, 0.29) is 16.4 Å². The van der Waals surface area contributed by atoms with Gasteiger partial charge in [-0.25, -0.2) is 4.57 Å². The van der Waals surface area contributed by atoms with Crippen LogP contribution in [0.25, 0.3) is 32.9 Å².